The van der Waals surface area contributed by atoms with Crippen LogP contribution in [0.15, 0.2) is 72.1 Å². The number of nitrogens with one attached hydrogen (secondary N) is 3. The van der Waals surface area contributed by atoms with E-state index in [2.05, 4.69) is 50.0 Å². The predicted octanol–water partition coefficient (Wildman–Crippen LogP) is 3.44. The van der Waals surface area contributed by atoms with Crippen molar-refractivity contribution in [2.75, 3.05) is 20.1 Å². The molecule has 0 aliphatic rings. The highest BCUT2D eigenvalue weighted by atomic mass is 19.1. The molecule has 0 saturated carbocycles. The summed E-state index contributed by atoms with van der Waals surface area (Å²) in [5, 5.41) is 11.8. The average molecular weight is 404 g/mol. The smallest absolute Gasteiger partial charge is 0.190 e. The molecule has 0 spiro atoms. The molecule has 0 atom stereocenters. The lowest BCUT2D eigenvalue weighted by Gasteiger charge is -2.12. The fourth-order valence-electron chi connectivity index (χ4n) is 3.46. The maximum atomic E-state index is 13.5. The average Bonchev–Trinajstić information content (AvgIpc) is 3.43. The van der Waals surface area contributed by atoms with Gasteiger partial charge in [-0.25, -0.2) is 9.07 Å². The Morgan fingerprint density at radius 2 is 1.90 bits per heavy atom. The van der Waals surface area contributed by atoms with Crippen LogP contribution in [0.4, 0.5) is 4.39 Å². The number of fused-ring (bicyclic) bond motifs is 1. The van der Waals surface area contributed by atoms with Crippen molar-refractivity contribution < 1.29 is 4.39 Å². The van der Waals surface area contributed by atoms with Crippen molar-refractivity contribution in [1.82, 2.24) is 25.4 Å². The number of aromatic amines is 1. The number of nitrogens with zero attached hydrogens (tertiary/aromatic N) is 3. The van der Waals surface area contributed by atoms with E-state index in [-0.39, 0.29) is 5.82 Å². The number of hydrogen-bond donors (Lipinski definition) is 3. The number of rotatable bonds is 7. The van der Waals surface area contributed by atoms with Crippen molar-refractivity contribution in [3.05, 3.63) is 84.1 Å². The molecule has 2 aromatic carbocycles. The van der Waals surface area contributed by atoms with E-state index in [1.165, 1.54) is 11.6 Å². The van der Waals surface area contributed by atoms with Crippen molar-refractivity contribution in [1.29, 1.82) is 0 Å². The summed E-state index contributed by atoms with van der Waals surface area (Å²) >= 11 is 0. The summed E-state index contributed by atoms with van der Waals surface area (Å²) in [6.07, 6.45) is 7.31. The molecule has 7 heteroatoms. The molecule has 0 fully saturated rings. The van der Waals surface area contributed by atoms with Gasteiger partial charge in [0.15, 0.2) is 5.96 Å². The Bertz CT molecular complexity index is 1110. The minimum Gasteiger partial charge on any atom is -0.361 e. The molecule has 6 nitrogen and oxygen atoms in total. The zero-order valence-corrected chi connectivity index (χ0v) is 16.9. The third-order valence-electron chi connectivity index (χ3n) is 5.05. The van der Waals surface area contributed by atoms with Crippen LogP contribution in [0, 0.1) is 5.82 Å². The van der Waals surface area contributed by atoms with Crippen LogP contribution in [-0.2, 0) is 12.8 Å². The molecule has 2 aromatic heterocycles. The van der Waals surface area contributed by atoms with Crippen LogP contribution in [0.1, 0.15) is 11.1 Å². The maximum absolute atomic E-state index is 13.5. The molecule has 4 rings (SSSR count). The van der Waals surface area contributed by atoms with E-state index in [1.807, 2.05) is 23.1 Å². The molecule has 2 heterocycles. The van der Waals surface area contributed by atoms with Gasteiger partial charge in [-0.3, -0.25) is 4.99 Å². The molecule has 0 radical (unpaired) electrons. The van der Waals surface area contributed by atoms with Crippen molar-refractivity contribution in [2.24, 2.45) is 4.99 Å². The van der Waals surface area contributed by atoms with Gasteiger partial charge in [-0.05, 0) is 60.4 Å². The summed E-state index contributed by atoms with van der Waals surface area (Å²) < 4.78 is 15.4. The minimum absolute atomic E-state index is 0.216. The zero-order valence-electron chi connectivity index (χ0n) is 16.9. The molecule has 4 aromatic rings. The van der Waals surface area contributed by atoms with Gasteiger partial charge < -0.3 is 15.6 Å². The first-order valence-corrected chi connectivity index (χ1v) is 10.0. The molecule has 0 unspecified atom stereocenters. The minimum atomic E-state index is -0.216. The second kappa shape index (κ2) is 9.26. The first kappa shape index (κ1) is 19.7. The number of aromatic nitrogens is 3. The van der Waals surface area contributed by atoms with Crippen LogP contribution >= 0.6 is 0 Å². The largest absolute Gasteiger partial charge is 0.361 e. The van der Waals surface area contributed by atoms with Gasteiger partial charge in [0.25, 0.3) is 0 Å². The predicted molar refractivity (Wildman–Crippen MR) is 119 cm³/mol. The SMILES string of the molecule is CN=C(NCCc1ccc(-n2cccn2)cc1)NCCc1c[nH]c2ccc(F)cc12. The van der Waals surface area contributed by atoms with Crippen molar-refractivity contribution >= 4 is 16.9 Å². The number of aliphatic imine (C=N–C) groups is 1. The van der Waals surface area contributed by atoms with E-state index in [9.17, 15) is 4.39 Å². The molecule has 0 saturated heterocycles. The Morgan fingerprint density at radius 3 is 2.63 bits per heavy atom. The fraction of sp³-hybridized carbons (Fsp3) is 0.217. The topological polar surface area (TPSA) is 70.0 Å². The Hall–Kier alpha value is -3.61. The van der Waals surface area contributed by atoms with Gasteiger partial charge in [0, 0.05) is 49.6 Å². The molecule has 0 aliphatic heterocycles. The molecule has 30 heavy (non-hydrogen) atoms. The van der Waals surface area contributed by atoms with Gasteiger partial charge >= 0.3 is 0 Å². The summed E-state index contributed by atoms with van der Waals surface area (Å²) in [4.78, 5) is 7.46. The quantitative estimate of drug-likeness (QED) is 0.326. The lowest BCUT2D eigenvalue weighted by atomic mass is 10.1. The Labute approximate surface area is 174 Å². The zero-order chi connectivity index (χ0) is 20.8. The molecule has 0 aliphatic carbocycles. The van der Waals surface area contributed by atoms with Crippen LogP contribution in [0.25, 0.3) is 16.6 Å². The van der Waals surface area contributed by atoms with Crippen molar-refractivity contribution in [3.63, 3.8) is 0 Å². The monoisotopic (exact) mass is 404 g/mol. The van der Waals surface area contributed by atoms with E-state index >= 15 is 0 Å². The van der Waals surface area contributed by atoms with Crippen LogP contribution in [-0.4, -0.2) is 40.9 Å². The summed E-state index contributed by atoms with van der Waals surface area (Å²) in [6.45, 7) is 1.49. The lowest BCUT2D eigenvalue weighted by molar-refractivity contribution is 0.629. The van der Waals surface area contributed by atoms with E-state index < -0.39 is 0 Å². The van der Waals surface area contributed by atoms with Gasteiger partial charge in [0.05, 0.1) is 5.69 Å². The van der Waals surface area contributed by atoms with E-state index in [4.69, 9.17) is 0 Å². The van der Waals surface area contributed by atoms with E-state index in [1.54, 1.807) is 25.4 Å². The molecule has 3 N–H and O–H groups in total. The van der Waals surface area contributed by atoms with Gasteiger partial charge in [-0.1, -0.05) is 12.1 Å². The van der Waals surface area contributed by atoms with Gasteiger partial charge in [-0.2, -0.15) is 5.10 Å². The first-order valence-electron chi connectivity index (χ1n) is 10.0. The first-order chi connectivity index (χ1) is 14.7. The second-order valence-electron chi connectivity index (χ2n) is 7.05. The van der Waals surface area contributed by atoms with Gasteiger partial charge in [-0.15, -0.1) is 0 Å². The summed E-state index contributed by atoms with van der Waals surface area (Å²) in [5.74, 6) is 0.542. The van der Waals surface area contributed by atoms with Crippen LogP contribution in [0.5, 0.6) is 0 Å². The van der Waals surface area contributed by atoms with Gasteiger partial charge in [0.2, 0.25) is 0 Å². The van der Waals surface area contributed by atoms with Crippen LogP contribution < -0.4 is 10.6 Å². The lowest BCUT2D eigenvalue weighted by Crippen LogP contribution is -2.39. The number of halogens is 1. The van der Waals surface area contributed by atoms with E-state index in [0.29, 0.717) is 6.54 Å². The number of H-pyrrole nitrogens is 1. The van der Waals surface area contributed by atoms with Crippen molar-refractivity contribution in [3.8, 4) is 5.69 Å². The molecule has 0 bridgehead atoms. The number of hydrogen-bond acceptors (Lipinski definition) is 2. The Morgan fingerprint density at radius 1 is 1.10 bits per heavy atom. The molecule has 154 valence electrons. The Kier molecular flexibility index (Phi) is 6.08. The van der Waals surface area contributed by atoms with Crippen LogP contribution in [0.2, 0.25) is 0 Å². The normalized spacial score (nSPS) is 11.7. The maximum Gasteiger partial charge on any atom is 0.190 e. The fourth-order valence-corrected chi connectivity index (χ4v) is 3.46. The molecular weight excluding hydrogens is 379 g/mol. The number of benzene rings is 2. The van der Waals surface area contributed by atoms with Crippen LogP contribution in [0.3, 0.4) is 0 Å². The highest BCUT2D eigenvalue weighted by Gasteiger charge is 2.05. The molecule has 0 amide bonds. The second-order valence-corrected chi connectivity index (χ2v) is 7.05. The van der Waals surface area contributed by atoms with Gasteiger partial charge in [0.1, 0.15) is 5.82 Å². The third-order valence-corrected chi connectivity index (χ3v) is 5.05. The summed E-state index contributed by atoms with van der Waals surface area (Å²) in [6, 6.07) is 15.1. The number of guanidine groups is 1. The molecular formula is C23H25FN6. The summed E-state index contributed by atoms with van der Waals surface area (Å²) in [7, 11) is 1.76. The Balaban J connectivity index is 1.23. The summed E-state index contributed by atoms with van der Waals surface area (Å²) in [5.41, 5.74) is 4.33. The highest BCUT2D eigenvalue weighted by Crippen LogP contribution is 2.19. The van der Waals surface area contributed by atoms with E-state index in [0.717, 1.165) is 47.5 Å². The standard InChI is InChI=1S/C23H25FN6/c1-25-23(27-13-10-18-16-28-22-8-5-19(24)15-21(18)22)26-12-9-17-3-6-20(7-4-17)30-14-2-11-29-30/h2-8,11,14-16,28H,9-10,12-13H2,1H3,(H2,25,26,27). The van der Waals surface area contributed by atoms with Crippen molar-refractivity contribution in [2.45, 2.75) is 12.8 Å². The third kappa shape index (κ3) is 4.68. The highest BCUT2D eigenvalue weighted by molar-refractivity contribution is 5.83.